The molecule has 0 atom stereocenters. The van der Waals surface area contributed by atoms with Crippen LogP contribution in [-0.4, -0.2) is 11.6 Å². The minimum atomic E-state index is -0.448. The van der Waals surface area contributed by atoms with Gasteiger partial charge in [-0.1, -0.05) is 64.1 Å². The van der Waals surface area contributed by atoms with Crippen LogP contribution in [0.5, 0.6) is 0 Å². The molecule has 2 aromatic rings. The van der Waals surface area contributed by atoms with E-state index < -0.39 is 11.6 Å². The second kappa shape index (κ2) is 6.69. The van der Waals surface area contributed by atoms with Crippen molar-refractivity contribution < 1.29 is 9.59 Å². The van der Waals surface area contributed by atoms with Crippen LogP contribution in [0.2, 0.25) is 0 Å². The fraction of sp³-hybridized carbons (Fsp3) is 0.300. The molecule has 0 unspecified atom stereocenters. The number of carbonyl (C=O) groups is 2. The van der Waals surface area contributed by atoms with Crippen LogP contribution < -0.4 is 0 Å². The zero-order chi connectivity index (χ0) is 16.3. The minimum Gasteiger partial charge on any atom is -0.285 e. The number of rotatable bonds is 5. The van der Waals surface area contributed by atoms with Gasteiger partial charge in [-0.15, -0.1) is 0 Å². The Hall–Kier alpha value is -2.22. The molecule has 0 radical (unpaired) electrons. The van der Waals surface area contributed by atoms with Crippen molar-refractivity contribution in [2.75, 3.05) is 0 Å². The molecule has 0 heterocycles. The molecule has 0 bridgehead atoms. The Balaban J connectivity index is 2.43. The molecule has 0 fully saturated rings. The van der Waals surface area contributed by atoms with Crippen LogP contribution in [0, 0.1) is 0 Å². The summed E-state index contributed by atoms with van der Waals surface area (Å²) >= 11 is 0. The van der Waals surface area contributed by atoms with E-state index in [-0.39, 0.29) is 0 Å². The van der Waals surface area contributed by atoms with E-state index in [0.29, 0.717) is 23.0 Å². The lowest BCUT2D eigenvalue weighted by atomic mass is 9.90. The van der Waals surface area contributed by atoms with Gasteiger partial charge < -0.3 is 0 Å². The van der Waals surface area contributed by atoms with Crippen LogP contribution in [0.3, 0.4) is 0 Å². The zero-order valence-electron chi connectivity index (χ0n) is 13.6. The van der Waals surface area contributed by atoms with Crippen molar-refractivity contribution in [1.82, 2.24) is 0 Å². The lowest BCUT2D eigenvalue weighted by molar-refractivity contribution is 0.0817. The standard InChI is InChI=1S/C20H22O2/c1-13(2)16-10-17(14(3)4)12-18(11-16)20(22)19(21)15-8-6-5-7-9-15/h5-14H,1-4H3. The van der Waals surface area contributed by atoms with Gasteiger partial charge in [0.2, 0.25) is 11.6 Å². The Morgan fingerprint density at radius 2 is 1.14 bits per heavy atom. The molecule has 0 spiro atoms. The summed E-state index contributed by atoms with van der Waals surface area (Å²) in [6.07, 6.45) is 0. The highest BCUT2D eigenvalue weighted by Gasteiger charge is 2.20. The lowest BCUT2D eigenvalue weighted by Crippen LogP contribution is -2.15. The first-order valence-corrected chi connectivity index (χ1v) is 7.69. The highest BCUT2D eigenvalue weighted by Crippen LogP contribution is 2.24. The van der Waals surface area contributed by atoms with E-state index in [4.69, 9.17) is 0 Å². The molecule has 0 aliphatic heterocycles. The molecular weight excluding hydrogens is 272 g/mol. The summed E-state index contributed by atoms with van der Waals surface area (Å²) < 4.78 is 0. The monoisotopic (exact) mass is 294 g/mol. The smallest absolute Gasteiger partial charge is 0.233 e. The van der Waals surface area contributed by atoms with Crippen LogP contribution in [0.25, 0.3) is 0 Å². The second-order valence-electron chi connectivity index (χ2n) is 6.22. The zero-order valence-corrected chi connectivity index (χ0v) is 13.6. The van der Waals surface area contributed by atoms with Gasteiger partial charge in [-0.3, -0.25) is 9.59 Å². The molecule has 22 heavy (non-hydrogen) atoms. The van der Waals surface area contributed by atoms with Crippen molar-refractivity contribution in [3.05, 3.63) is 70.8 Å². The van der Waals surface area contributed by atoms with E-state index >= 15 is 0 Å². The van der Waals surface area contributed by atoms with E-state index in [1.54, 1.807) is 24.3 Å². The fourth-order valence-corrected chi connectivity index (χ4v) is 2.33. The molecule has 2 nitrogen and oxygen atoms in total. The van der Waals surface area contributed by atoms with Crippen LogP contribution >= 0.6 is 0 Å². The van der Waals surface area contributed by atoms with E-state index in [2.05, 4.69) is 33.8 Å². The Bertz CT molecular complexity index is 656. The maximum atomic E-state index is 12.5. The third-order valence-corrected chi connectivity index (χ3v) is 3.82. The predicted molar refractivity (Wildman–Crippen MR) is 89.7 cm³/mol. The maximum absolute atomic E-state index is 12.5. The fourth-order valence-electron chi connectivity index (χ4n) is 2.33. The highest BCUT2D eigenvalue weighted by atomic mass is 16.2. The Morgan fingerprint density at radius 3 is 1.59 bits per heavy atom. The first kappa shape index (κ1) is 16.2. The van der Waals surface area contributed by atoms with Crippen LogP contribution in [0.1, 0.15) is 71.4 Å². The van der Waals surface area contributed by atoms with Crippen LogP contribution in [-0.2, 0) is 0 Å². The Morgan fingerprint density at radius 1 is 0.682 bits per heavy atom. The van der Waals surface area contributed by atoms with Crippen molar-refractivity contribution in [3.63, 3.8) is 0 Å². The van der Waals surface area contributed by atoms with Crippen LogP contribution in [0.15, 0.2) is 48.5 Å². The van der Waals surface area contributed by atoms with Gasteiger partial charge >= 0.3 is 0 Å². The van der Waals surface area contributed by atoms with Crippen molar-refractivity contribution in [3.8, 4) is 0 Å². The molecule has 0 aliphatic rings. The molecule has 2 aromatic carbocycles. The minimum absolute atomic E-state index is 0.317. The normalized spacial score (nSPS) is 11.0. The van der Waals surface area contributed by atoms with Gasteiger partial charge in [0.25, 0.3) is 0 Å². The maximum Gasteiger partial charge on any atom is 0.233 e. The number of hydrogen-bond donors (Lipinski definition) is 0. The first-order valence-electron chi connectivity index (χ1n) is 7.69. The molecule has 0 saturated heterocycles. The number of Topliss-reactive ketones (excluding diaryl/α,β-unsaturated/α-hetero) is 2. The highest BCUT2D eigenvalue weighted by molar-refractivity contribution is 6.49. The molecule has 0 saturated carbocycles. The molecule has 0 aromatic heterocycles. The molecule has 0 N–H and O–H groups in total. The molecule has 2 heteroatoms. The molecule has 114 valence electrons. The van der Waals surface area contributed by atoms with Crippen molar-refractivity contribution in [1.29, 1.82) is 0 Å². The molecule has 0 amide bonds. The summed E-state index contributed by atoms with van der Waals surface area (Å²) in [4.78, 5) is 24.9. The number of carbonyl (C=O) groups excluding carboxylic acids is 2. The summed E-state index contributed by atoms with van der Waals surface area (Å²) in [5, 5.41) is 0. The predicted octanol–water partition coefficient (Wildman–Crippen LogP) is 5.00. The van der Waals surface area contributed by atoms with E-state index in [9.17, 15) is 9.59 Å². The van der Waals surface area contributed by atoms with E-state index in [1.165, 1.54) is 0 Å². The quantitative estimate of drug-likeness (QED) is 0.574. The van der Waals surface area contributed by atoms with Gasteiger partial charge in [-0.2, -0.15) is 0 Å². The molecule has 0 aliphatic carbocycles. The molecular formula is C20H22O2. The summed E-state index contributed by atoms with van der Waals surface area (Å²) in [6, 6.07) is 14.5. The van der Waals surface area contributed by atoms with Gasteiger partial charge in [0.1, 0.15) is 0 Å². The summed E-state index contributed by atoms with van der Waals surface area (Å²) in [5.74, 6) is -0.249. The Labute approximate surface area is 132 Å². The van der Waals surface area contributed by atoms with Gasteiger partial charge in [0.15, 0.2) is 0 Å². The topological polar surface area (TPSA) is 34.1 Å². The summed E-state index contributed by atoms with van der Waals surface area (Å²) in [5.41, 5.74) is 3.11. The second-order valence-corrected chi connectivity index (χ2v) is 6.22. The van der Waals surface area contributed by atoms with Gasteiger partial charge in [-0.05, 0) is 35.1 Å². The summed E-state index contributed by atoms with van der Waals surface area (Å²) in [6.45, 7) is 8.36. The average Bonchev–Trinajstić information content (AvgIpc) is 2.53. The lowest BCUT2D eigenvalue weighted by Gasteiger charge is -2.13. The summed E-state index contributed by atoms with van der Waals surface area (Å²) in [7, 11) is 0. The SMILES string of the molecule is CC(C)c1cc(C(=O)C(=O)c2ccccc2)cc(C(C)C)c1. The average molecular weight is 294 g/mol. The van der Waals surface area contributed by atoms with Crippen molar-refractivity contribution in [2.45, 2.75) is 39.5 Å². The van der Waals surface area contributed by atoms with E-state index in [0.717, 1.165) is 11.1 Å². The van der Waals surface area contributed by atoms with Gasteiger partial charge in [0.05, 0.1) is 0 Å². The Kier molecular flexibility index (Phi) is 4.92. The number of benzene rings is 2. The van der Waals surface area contributed by atoms with Crippen LogP contribution in [0.4, 0.5) is 0 Å². The third-order valence-electron chi connectivity index (χ3n) is 3.82. The van der Waals surface area contributed by atoms with Gasteiger partial charge in [-0.25, -0.2) is 0 Å². The number of hydrogen-bond acceptors (Lipinski definition) is 2. The third kappa shape index (κ3) is 3.51. The first-order chi connectivity index (χ1) is 10.4. The van der Waals surface area contributed by atoms with Gasteiger partial charge in [0, 0.05) is 11.1 Å². The van der Waals surface area contributed by atoms with Crippen molar-refractivity contribution >= 4 is 11.6 Å². The molecule has 2 rings (SSSR count). The number of ketones is 2. The van der Waals surface area contributed by atoms with Crippen molar-refractivity contribution in [2.24, 2.45) is 0 Å². The largest absolute Gasteiger partial charge is 0.285 e. The van der Waals surface area contributed by atoms with E-state index in [1.807, 2.05) is 18.2 Å².